The van der Waals surface area contributed by atoms with Gasteiger partial charge in [-0.3, -0.25) is 9.69 Å². The first-order valence-electron chi connectivity index (χ1n) is 9.23. The van der Waals surface area contributed by atoms with Crippen molar-refractivity contribution in [2.24, 2.45) is 0 Å². The van der Waals surface area contributed by atoms with E-state index in [-0.39, 0.29) is 5.91 Å². The van der Waals surface area contributed by atoms with Crippen molar-refractivity contribution in [3.05, 3.63) is 59.7 Å². The quantitative estimate of drug-likeness (QED) is 0.918. The number of carbonyl (C=O) groups excluding carboxylic acids is 1. The number of nitrogens with one attached hydrogen (secondary N) is 1. The van der Waals surface area contributed by atoms with Gasteiger partial charge in [0.15, 0.2) is 5.72 Å². The third kappa shape index (κ3) is 3.27. The van der Waals surface area contributed by atoms with E-state index in [1.165, 1.54) is 5.56 Å². The minimum absolute atomic E-state index is 0.0398. The monoisotopic (exact) mass is 352 g/mol. The SMILES string of the molecule is CCOc1ccccc1CN1CCC2(CC1)NC(=O)c1ccccc1O2. The maximum atomic E-state index is 12.4. The lowest BCUT2D eigenvalue weighted by Crippen LogP contribution is -2.60. The Morgan fingerprint density at radius 1 is 1.12 bits per heavy atom. The molecule has 2 aliphatic rings. The van der Waals surface area contributed by atoms with Crippen LogP contribution in [0.15, 0.2) is 48.5 Å². The van der Waals surface area contributed by atoms with Crippen molar-refractivity contribution in [3.8, 4) is 11.5 Å². The molecule has 0 unspecified atom stereocenters. The Bertz CT molecular complexity index is 797. The zero-order valence-electron chi connectivity index (χ0n) is 15.0. The summed E-state index contributed by atoms with van der Waals surface area (Å²) in [6, 6.07) is 15.6. The standard InChI is InChI=1S/C21H24N2O3/c1-2-25-18-9-5-3-7-16(18)15-23-13-11-21(12-14-23)22-20(24)17-8-4-6-10-19(17)26-21/h3-10H,2,11-15H2,1H3,(H,22,24). The normalized spacial score (nSPS) is 18.7. The van der Waals surface area contributed by atoms with Crippen LogP contribution in [-0.4, -0.2) is 36.2 Å². The smallest absolute Gasteiger partial charge is 0.258 e. The number of hydrogen-bond acceptors (Lipinski definition) is 4. The van der Waals surface area contributed by atoms with Gasteiger partial charge < -0.3 is 14.8 Å². The Kier molecular flexibility index (Phi) is 4.55. The lowest BCUT2D eigenvalue weighted by molar-refractivity contribution is -0.0305. The van der Waals surface area contributed by atoms with Crippen LogP contribution in [0.1, 0.15) is 35.7 Å². The molecular weight excluding hydrogens is 328 g/mol. The summed E-state index contributed by atoms with van der Waals surface area (Å²) in [6.45, 7) is 5.24. The molecule has 0 atom stereocenters. The molecule has 2 aliphatic heterocycles. The van der Waals surface area contributed by atoms with Crippen molar-refractivity contribution in [2.75, 3.05) is 19.7 Å². The van der Waals surface area contributed by atoms with Gasteiger partial charge in [0.25, 0.3) is 5.91 Å². The molecule has 5 nitrogen and oxygen atoms in total. The summed E-state index contributed by atoms with van der Waals surface area (Å²) >= 11 is 0. The van der Waals surface area contributed by atoms with Crippen LogP contribution in [0.3, 0.4) is 0 Å². The summed E-state index contributed by atoms with van der Waals surface area (Å²) in [6.07, 6.45) is 1.54. The first-order chi connectivity index (χ1) is 12.7. The summed E-state index contributed by atoms with van der Waals surface area (Å²) in [7, 11) is 0. The van der Waals surface area contributed by atoms with Crippen LogP contribution < -0.4 is 14.8 Å². The number of piperidine rings is 1. The van der Waals surface area contributed by atoms with Gasteiger partial charge in [-0.05, 0) is 25.1 Å². The van der Waals surface area contributed by atoms with Crippen molar-refractivity contribution in [2.45, 2.75) is 32.0 Å². The molecule has 2 aromatic rings. The number of nitrogens with zero attached hydrogens (tertiary/aromatic N) is 1. The van der Waals surface area contributed by atoms with Crippen molar-refractivity contribution >= 4 is 5.91 Å². The van der Waals surface area contributed by atoms with Gasteiger partial charge in [-0.15, -0.1) is 0 Å². The predicted octanol–water partition coefficient (Wildman–Crippen LogP) is 3.20. The molecule has 0 bridgehead atoms. The van der Waals surface area contributed by atoms with Crippen LogP contribution in [-0.2, 0) is 6.54 Å². The maximum absolute atomic E-state index is 12.4. The highest BCUT2D eigenvalue weighted by molar-refractivity contribution is 5.98. The van der Waals surface area contributed by atoms with Gasteiger partial charge >= 0.3 is 0 Å². The Morgan fingerprint density at radius 2 is 1.85 bits per heavy atom. The molecule has 5 heteroatoms. The summed E-state index contributed by atoms with van der Waals surface area (Å²) in [4.78, 5) is 14.8. The first-order valence-corrected chi connectivity index (χ1v) is 9.23. The molecule has 1 amide bonds. The number of fused-ring (bicyclic) bond motifs is 1. The predicted molar refractivity (Wildman–Crippen MR) is 99.4 cm³/mol. The van der Waals surface area contributed by atoms with Gasteiger partial charge in [0.2, 0.25) is 0 Å². The average Bonchev–Trinajstić information content (AvgIpc) is 2.66. The number of ether oxygens (including phenoxy) is 2. The second-order valence-corrected chi connectivity index (χ2v) is 6.86. The zero-order chi connectivity index (χ0) is 18.0. The van der Waals surface area contributed by atoms with E-state index < -0.39 is 5.72 Å². The highest BCUT2D eigenvalue weighted by Crippen LogP contribution is 2.34. The number of benzene rings is 2. The highest BCUT2D eigenvalue weighted by atomic mass is 16.5. The Labute approximate surface area is 153 Å². The largest absolute Gasteiger partial charge is 0.494 e. The molecule has 26 heavy (non-hydrogen) atoms. The van der Waals surface area contributed by atoms with Crippen LogP contribution in [0.4, 0.5) is 0 Å². The molecule has 1 N–H and O–H groups in total. The van der Waals surface area contributed by atoms with Crippen LogP contribution in [0.5, 0.6) is 11.5 Å². The van der Waals surface area contributed by atoms with Crippen molar-refractivity contribution in [3.63, 3.8) is 0 Å². The van der Waals surface area contributed by atoms with Gasteiger partial charge in [-0.1, -0.05) is 30.3 Å². The van der Waals surface area contributed by atoms with Crippen molar-refractivity contribution in [1.82, 2.24) is 10.2 Å². The minimum atomic E-state index is -0.582. The van der Waals surface area contributed by atoms with Crippen LogP contribution in [0.25, 0.3) is 0 Å². The minimum Gasteiger partial charge on any atom is -0.494 e. The van der Waals surface area contributed by atoms with E-state index >= 15 is 0 Å². The second-order valence-electron chi connectivity index (χ2n) is 6.86. The Morgan fingerprint density at radius 3 is 2.65 bits per heavy atom. The molecule has 0 radical (unpaired) electrons. The van der Waals surface area contributed by atoms with E-state index in [1.807, 2.05) is 43.3 Å². The van der Waals surface area contributed by atoms with E-state index in [0.29, 0.717) is 17.9 Å². The lowest BCUT2D eigenvalue weighted by Gasteiger charge is -2.44. The van der Waals surface area contributed by atoms with E-state index in [1.54, 1.807) is 6.07 Å². The average molecular weight is 352 g/mol. The topological polar surface area (TPSA) is 50.8 Å². The Balaban J connectivity index is 1.43. The second kappa shape index (κ2) is 7.00. The van der Waals surface area contributed by atoms with Gasteiger partial charge in [-0.25, -0.2) is 0 Å². The third-order valence-corrected chi connectivity index (χ3v) is 5.11. The van der Waals surface area contributed by atoms with E-state index in [9.17, 15) is 4.79 Å². The summed E-state index contributed by atoms with van der Waals surface area (Å²) in [5.74, 6) is 1.60. The molecule has 0 aliphatic carbocycles. The lowest BCUT2D eigenvalue weighted by atomic mass is 9.96. The fourth-order valence-corrected chi connectivity index (χ4v) is 3.72. The van der Waals surface area contributed by atoms with Crippen LogP contribution in [0, 0.1) is 0 Å². The highest BCUT2D eigenvalue weighted by Gasteiger charge is 2.42. The third-order valence-electron chi connectivity index (χ3n) is 5.11. The Hall–Kier alpha value is -2.53. The fourth-order valence-electron chi connectivity index (χ4n) is 3.72. The summed E-state index contributed by atoms with van der Waals surface area (Å²) < 4.78 is 11.9. The van der Waals surface area contributed by atoms with E-state index in [2.05, 4.69) is 16.3 Å². The fraction of sp³-hybridized carbons (Fsp3) is 0.381. The number of para-hydroxylation sites is 2. The molecule has 1 saturated heterocycles. The first kappa shape index (κ1) is 16.9. The number of hydrogen-bond donors (Lipinski definition) is 1. The molecule has 4 rings (SSSR count). The molecule has 0 saturated carbocycles. The molecule has 1 fully saturated rings. The van der Waals surface area contributed by atoms with E-state index in [4.69, 9.17) is 9.47 Å². The molecule has 2 aromatic carbocycles. The van der Waals surface area contributed by atoms with Gasteiger partial charge in [0, 0.05) is 38.0 Å². The number of rotatable bonds is 4. The van der Waals surface area contributed by atoms with E-state index in [0.717, 1.165) is 38.2 Å². The summed E-state index contributed by atoms with van der Waals surface area (Å²) in [5.41, 5.74) is 1.23. The maximum Gasteiger partial charge on any atom is 0.258 e. The van der Waals surface area contributed by atoms with Gasteiger partial charge in [0.1, 0.15) is 11.5 Å². The van der Waals surface area contributed by atoms with Crippen LogP contribution in [0.2, 0.25) is 0 Å². The molecule has 136 valence electrons. The van der Waals surface area contributed by atoms with Crippen LogP contribution >= 0.6 is 0 Å². The summed E-state index contributed by atoms with van der Waals surface area (Å²) in [5, 5.41) is 3.09. The van der Waals surface area contributed by atoms with Gasteiger partial charge in [-0.2, -0.15) is 0 Å². The molecule has 0 aromatic heterocycles. The molecular formula is C21H24N2O3. The number of carbonyl (C=O) groups is 1. The van der Waals surface area contributed by atoms with Gasteiger partial charge in [0.05, 0.1) is 12.2 Å². The van der Waals surface area contributed by atoms with Crippen molar-refractivity contribution in [1.29, 1.82) is 0 Å². The number of amides is 1. The number of likely N-dealkylation sites (tertiary alicyclic amines) is 1. The molecule has 1 spiro atoms. The van der Waals surface area contributed by atoms with Crippen molar-refractivity contribution < 1.29 is 14.3 Å². The zero-order valence-corrected chi connectivity index (χ0v) is 15.0. The molecule has 2 heterocycles.